The van der Waals surface area contributed by atoms with Gasteiger partial charge in [0.2, 0.25) is 0 Å². The molecule has 6 aromatic rings. The van der Waals surface area contributed by atoms with E-state index in [-0.39, 0.29) is 43.0 Å². The summed E-state index contributed by atoms with van der Waals surface area (Å²) in [6.07, 6.45) is 0. The summed E-state index contributed by atoms with van der Waals surface area (Å²) in [5.41, 5.74) is -0.467. The predicted octanol–water partition coefficient (Wildman–Crippen LogP) is 6.63. The molecule has 0 bridgehead atoms. The van der Waals surface area contributed by atoms with Crippen molar-refractivity contribution >= 4 is 46.1 Å². The van der Waals surface area contributed by atoms with Crippen LogP contribution in [-0.4, -0.2) is 0 Å². The van der Waals surface area contributed by atoms with Gasteiger partial charge in [0.1, 0.15) is 0 Å². The van der Waals surface area contributed by atoms with Crippen molar-refractivity contribution in [1.29, 1.82) is 0 Å². The minimum Gasteiger partial charge on any atom is -0.309 e. The minimum atomic E-state index is -4.68. The first-order chi connectivity index (χ1) is 26.1. The molecule has 6 rings (SSSR count). The fourth-order valence-electron chi connectivity index (χ4n) is 4.50. The molecule has 0 unspecified atom stereocenters. The van der Waals surface area contributed by atoms with Gasteiger partial charge in [-0.2, -0.15) is 0 Å². The van der Waals surface area contributed by atoms with Crippen LogP contribution >= 0.6 is 14.3 Å². The lowest BCUT2D eigenvalue weighted by molar-refractivity contribution is 0.591. The van der Waals surface area contributed by atoms with Crippen LogP contribution < -0.4 is 31.8 Å². The van der Waals surface area contributed by atoms with E-state index in [1.165, 1.54) is 0 Å². The third-order valence-electron chi connectivity index (χ3n) is 6.33. The average Bonchev–Trinajstić information content (AvgIpc) is 3.14. The van der Waals surface area contributed by atoms with E-state index in [0.29, 0.717) is 0 Å². The zero-order valence-electron chi connectivity index (χ0n) is 36.6. The van der Waals surface area contributed by atoms with E-state index < -0.39 is 111 Å². The largest absolute Gasteiger partial charge is 0.309 e. The molecule has 40 heavy (non-hydrogen) atoms. The Labute approximate surface area is 258 Å². The van der Waals surface area contributed by atoms with E-state index in [1.807, 2.05) is 0 Å². The Morgan fingerprint density at radius 2 is 0.550 bits per heavy atom. The fraction of sp³-hybridized carbons (Fsp3) is 0. The van der Waals surface area contributed by atoms with Crippen LogP contribution in [0.5, 0.6) is 0 Å². The maximum Gasteiger partial charge on any atom is 0.171 e. The summed E-state index contributed by atoms with van der Waals surface area (Å²) < 4.78 is 167. The molecule has 0 saturated heterocycles. The Hall–Kier alpha value is -4.22. The van der Waals surface area contributed by atoms with Crippen LogP contribution in [0, 0.1) is 0 Å². The number of rotatable bonds is 7. The molecule has 0 aliphatic heterocycles. The lowest BCUT2D eigenvalue weighted by Crippen LogP contribution is -2.29. The quantitative estimate of drug-likeness (QED) is 0.202. The molecule has 0 fully saturated rings. The van der Waals surface area contributed by atoms with E-state index >= 15 is 9.13 Å². The summed E-state index contributed by atoms with van der Waals surface area (Å²) in [5, 5.41) is -1.72. The fourth-order valence-corrected chi connectivity index (χ4v) is 9.72. The summed E-state index contributed by atoms with van der Waals surface area (Å²) in [7, 11) is -9.36. The smallest absolute Gasteiger partial charge is 0.171 e. The Kier molecular flexibility index (Phi) is 3.73. The average molecular weight is 571 g/mol. The van der Waals surface area contributed by atoms with Crippen molar-refractivity contribution in [3.63, 3.8) is 0 Å². The summed E-state index contributed by atoms with van der Waals surface area (Å²) in [4.78, 5) is 0. The highest BCUT2D eigenvalue weighted by molar-refractivity contribution is 7.86. The molecule has 0 aliphatic rings. The van der Waals surface area contributed by atoms with Gasteiger partial charge in [-0.05, 0) is 11.1 Å². The first kappa shape index (κ1) is 13.4. The standard InChI is InChI=1S/C36H28O2P2/c37-39(29-17-5-1-6-18-29,30-19-7-2-8-20-30)35-27-15-13-25-33(35)34-26-14-16-28-36(34)40(38,31-21-9-3-10-22-31)32-23-11-4-12-24-32/h1-28H/i1D,2D,3D,4D,5D,6D,7D,8D,9D,10D,11D,12D,13D,14D,15D,16D. The van der Waals surface area contributed by atoms with Gasteiger partial charge in [-0.25, -0.2) is 0 Å². The van der Waals surface area contributed by atoms with Gasteiger partial charge >= 0.3 is 0 Å². The number of benzene rings is 6. The van der Waals surface area contributed by atoms with Gasteiger partial charge in [0.05, 0.1) is 21.9 Å². The molecule has 0 radical (unpaired) electrons. The van der Waals surface area contributed by atoms with Gasteiger partial charge in [-0.3, -0.25) is 0 Å². The molecule has 0 spiro atoms. The molecule has 0 aromatic heterocycles. The third-order valence-corrected chi connectivity index (χ3v) is 12.4. The first-order valence-electron chi connectivity index (χ1n) is 19.9. The van der Waals surface area contributed by atoms with E-state index in [0.717, 1.165) is 72.8 Å². The maximum absolute atomic E-state index is 16.1. The Morgan fingerprint density at radius 3 is 0.825 bits per heavy atom. The molecule has 0 aliphatic carbocycles. The maximum atomic E-state index is 16.1. The van der Waals surface area contributed by atoms with Crippen LogP contribution in [-0.2, 0) is 9.13 Å². The molecular formula is C36H28O2P2. The highest BCUT2D eigenvalue weighted by Gasteiger charge is 2.36. The topological polar surface area (TPSA) is 34.1 Å². The molecule has 0 N–H and O–H groups in total. The zero-order chi connectivity index (χ0) is 41.3. The van der Waals surface area contributed by atoms with Crippen molar-refractivity contribution in [3.8, 4) is 11.1 Å². The molecule has 0 heterocycles. The Morgan fingerprint density at radius 1 is 0.325 bits per heavy atom. The van der Waals surface area contributed by atoms with Crippen molar-refractivity contribution in [2.45, 2.75) is 0 Å². The van der Waals surface area contributed by atoms with Gasteiger partial charge in [-0.1, -0.05) is 169 Å². The SMILES string of the molecule is [2H]c1cc(-c2cc([2H])c([2H])cc2P(=O)(c2cc([2H])c([2H])c([2H])c2)c2cc([2H])c([2H])c([2H])c2)c(P(=O)(c2cc([2H])c([2H])c([2H])c2)c2cc([2H])c([2H])c([2H])c2)cc1[2H]. The van der Waals surface area contributed by atoms with Gasteiger partial charge in [0, 0.05) is 31.8 Å². The second kappa shape index (κ2) is 11.1. The molecule has 4 heteroatoms. The molecule has 6 aromatic carbocycles. The van der Waals surface area contributed by atoms with Gasteiger partial charge in [0.15, 0.2) is 14.3 Å². The zero-order valence-corrected chi connectivity index (χ0v) is 22.4. The second-order valence-corrected chi connectivity index (χ2v) is 13.9. The van der Waals surface area contributed by atoms with Gasteiger partial charge < -0.3 is 9.13 Å². The van der Waals surface area contributed by atoms with E-state index in [4.69, 9.17) is 21.9 Å². The van der Waals surface area contributed by atoms with Crippen LogP contribution in [0.4, 0.5) is 0 Å². The van der Waals surface area contributed by atoms with Crippen LogP contribution in [0.15, 0.2) is 169 Å². The summed E-state index contributed by atoms with van der Waals surface area (Å²) in [5.74, 6) is 0. The summed E-state index contributed by atoms with van der Waals surface area (Å²) in [6.45, 7) is 0. The number of hydrogen-bond donors (Lipinski definition) is 0. The van der Waals surface area contributed by atoms with E-state index in [2.05, 4.69) is 0 Å². The van der Waals surface area contributed by atoms with E-state index in [1.54, 1.807) is 0 Å². The highest BCUT2D eigenvalue weighted by Crippen LogP contribution is 2.48. The predicted molar refractivity (Wildman–Crippen MR) is 171 cm³/mol. The molecule has 194 valence electrons. The van der Waals surface area contributed by atoms with Crippen molar-refractivity contribution in [2.24, 2.45) is 0 Å². The van der Waals surface area contributed by atoms with Crippen molar-refractivity contribution in [2.75, 3.05) is 0 Å². The van der Waals surface area contributed by atoms with Crippen LogP contribution in [0.1, 0.15) is 21.9 Å². The van der Waals surface area contributed by atoms with Gasteiger partial charge in [0.25, 0.3) is 0 Å². The minimum absolute atomic E-state index is 0.234. The Bertz CT molecular complexity index is 2350. The summed E-state index contributed by atoms with van der Waals surface area (Å²) in [6, 6.07) is 4.46. The third kappa shape index (κ3) is 4.50. The first-order valence-corrected chi connectivity index (χ1v) is 15.3. The van der Waals surface area contributed by atoms with Gasteiger partial charge in [-0.15, -0.1) is 0 Å². The van der Waals surface area contributed by atoms with E-state index in [9.17, 15) is 0 Å². The van der Waals surface area contributed by atoms with Crippen LogP contribution in [0.3, 0.4) is 0 Å². The molecule has 0 atom stereocenters. The van der Waals surface area contributed by atoms with Crippen molar-refractivity contribution < 1.29 is 31.1 Å². The van der Waals surface area contributed by atoms with Crippen LogP contribution in [0.2, 0.25) is 0 Å². The number of hydrogen-bond acceptors (Lipinski definition) is 2. The highest BCUT2D eigenvalue weighted by atomic mass is 31.2. The Balaban J connectivity index is 1.84. The summed E-state index contributed by atoms with van der Waals surface area (Å²) >= 11 is 0. The van der Waals surface area contributed by atoms with Crippen molar-refractivity contribution in [3.05, 3.63) is 169 Å². The molecule has 0 saturated carbocycles. The molecular weight excluding hydrogens is 526 g/mol. The lowest BCUT2D eigenvalue weighted by Gasteiger charge is -2.26. The molecule has 2 nitrogen and oxygen atoms in total. The van der Waals surface area contributed by atoms with Crippen molar-refractivity contribution in [1.82, 2.24) is 0 Å². The molecule has 0 amide bonds. The monoisotopic (exact) mass is 570 g/mol. The van der Waals surface area contributed by atoms with Crippen LogP contribution in [0.25, 0.3) is 11.1 Å². The normalized spacial score (nSPS) is 17.3. The second-order valence-electron chi connectivity index (χ2n) is 8.48. The lowest BCUT2D eigenvalue weighted by atomic mass is 10.1.